The standard InChI is InChI=1S/C9H11.C5H5.2ClH.Ti/c1-2-5-9-7-3-6-8(9)4-1;1-2-4-5-3-1;;;/h1-2,4,6,9H,3,5,7H2;1-3H,4H2;2*1H;/q2*-1;;;+4/p-2. The summed E-state index contributed by atoms with van der Waals surface area (Å²) in [6.07, 6.45) is 23.0. The number of fused-ring (bicyclic) bond motifs is 1. The molecule has 0 aromatic carbocycles. The predicted molar refractivity (Wildman–Crippen MR) is 60.4 cm³/mol. The van der Waals surface area contributed by atoms with E-state index in [2.05, 4.69) is 36.8 Å². The van der Waals surface area contributed by atoms with Crippen LogP contribution in [-0.4, -0.2) is 0 Å². The molecule has 0 radical (unpaired) electrons. The molecule has 0 spiro atoms. The summed E-state index contributed by atoms with van der Waals surface area (Å²) in [6.45, 7) is 0. The molecule has 17 heavy (non-hydrogen) atoms. The van der Waals surface area contributed by atoms with Crippen molar-refractivity contribution in [3.8, 4) is 0 Å². The minimum Gasteiger partial charge on any atom is -1.00 e. The van der Waals surface area contributed by atoms with Crippen molar-refractivity contribution in [3.05, 3.63) is 54.5 Å². The van der Waals surface area contributed by atoms with Crippen LogP contribution in [0.2, 0.25) is 0 Å². The van der Waals surface area contributed by atoms with E-state index in [-0.39, 0.29) is 46.5 Å². The quantitative estimate of drug-likeness (QED) is 0.352. The fourth-order valence-corrected chi connectivity index (χ4v) is 2.00. The van der Waals surface area contributed by atoms with Gasteiger partial charge < -0.3 is 24.8 Å². The zero-order chi connectivity index (χ0) is 9.64. The summed E-state index contributed by atoms with van der Waals surface area (Å²) in [5, 5.41) is 0. The van der Waals surface area contributed by atoms with Crippen molar-refractivity contribution in [3.63, 3.8) is 0 Å². The van der Waals surface area contributed by atoms with Crippen LogP contribution in [0.1, 0.15) is 25.7 Å². The van der Waals surface area contributed by atoms with Gasteiger partial charge in [-0.05, 0) is 12.3 Å². The molecular weight excluding hydrogens is 287 g/mol. The molecule has 0 aliphatic heterocycles. The third-order valence-electron chi connectivity index (χ3n) is 2.80. The Hall–Kier alpha value is 0.124. The van der Waals surface area contributed by atoms with Crippen LogP contribution in [0.15, 0.2) is 42.0 Å². The molecule has 3 rings (SSSR count). The van der Waals surface area contributed by atoms with E-state index in [0.717, 1.165) is 12.3 Å². The number of allylic oxidation sites excluding steroid dienone is 8. The van der Waals surface area contributed by atoms with Gasteiger partial charge in [0.05, 0.1) is 0 Å². The van der Waals surface area contributed by atoms with Gasteiger partial charge in [0.25, 0.3) is 0 Å². The Morgan fingerprint density at radius 3 is 2.53 bits per heavy atom. The first-order chi connectivity index (χ1) is 6.97. The largest absolute Gasteiger partial charge is 4.00 e. The monoisotopic (exact) mass is 302 g/mol. The van der Waals surface area contributed by atoms with Crippen LogP contribution in [0.4, 0.5) is 0 Å². The first-order valence-corrected chi connectivity index (χ1v) is 5.38. The number of halogens is 2. The molecule has 0 bridgehead atoms. The fraction of sp³-hybridized carbons (Fsp3) is 0.357. The molecule has 1 atom stereocenters. The fourth-order valence-electron chi connectivity index (χ4n) is 2.00. The second kappa shape index (κ2) is 11.2. The molecule has 0 aromatic rings. The van der Waals surface area contributed by atoms with Crippen LogP contribution < -0.4 is 24.8 Å². The summed E-state index contributed by atoms with van der Waals surface area (Å²) in [6, 6.07) is 0. The SMILES string of the molecule is C1=CCC2CC[CH-]C2=C1.[C-]1=CC=CC1.[Cl-].[Cl-].[Ti+4]. The number of rotatable bonds is 0. The van der Waals surface area contributed by atoms with Gasteiger partial charge in [0.2, 0.25) is 0 Å². The molecule has 0 aromatic heterocycles. The number of hydrogen-bond acceptors (Lipinski definition) is 0. The maximum Gasteiger partial charge on any atom is 4.00 e. The molecule has 90 valence electrons. The normalized spacial score (nSPS) is 21.6. The summed E-state index contributed by atoms with van der Waals surface area (Å²) >= 11 is 0. The van der Waals surface area contributed by atoms with Gasteiger partial charge in [-0.2, -0.15) is 6.08 Å². The van der Waals surface area contributed by atoms with Crippen LogP contribution in [-0.2, 0) is 21.7 Å². The first-order valence-electron chi connectivity index (χ1n) is 5.38. The molecule has 1 saturated carbocycles. The Kier molecular flexibility index (Phi) is 12.9. The van der Waals surface area contributed by atoms with Gasteiger partial charge in [0.15, 0.2) is 0 Å². The van der Waals surface area contributed by atoms with Crippen molar-refractivity contribution in [2.24, 2.45) is 5.92 Å². The first kappa shape index (κ1) is 19.5. The maximum atomic E-state index is 2.99. The Labute approximate surface area is 132 Å². The van der Waals surface area contributed by atoms with E-state index in [1.165, 1.54) is 19.3 Å². The average molecular weight is 303 g/mol. The second-order valence-corrected chi connectivity index (χ2v) is 3.81. The molecule has 0 amide bonds. The Balaban J connectivity index is 0. The van der Waals surface area contributed by atoms with Crippen LogP contribution >= 0.6 is 0 Å². The van der Waals surface area contributed by atoms with E-state index in [4.69, 9.17) is 0 Å². The number of hydrogen-bond donors (Lipinski definition) is 0. The van der Waals surface area contributed by atoms with E-state index in [1.54, 1.807) is 5.57 Å². The molecule has 3 aliphatic rings. The maximum absolute atomic E-state index is 2.99. The van der Waals surface area contributed by atoms with Crippen molar-refractivity contribution in [1.82, 2.24) is 0 Å². The Morgan fingerprint density at radius 2 is 2.00 bits per heavy atom. The summed E-state index contributed by atoms with van der Waals surface area (Å²) < 4.78 is 0. The van der Waals surface area contributed by atoms with Crippen LogP contribution in [0.3, 0.4) is 0 Å². The molecule has 0 N–H and O–H groups in total. The molecule has 3 heteroatoms. The van der Waals surface area contributed by atoms with Crippen molar-refractivity contribution < 1.29 is 46.5 Å². The van der Waals surface area contributed by atoms with Gasteiger partial charge in [0, 0.05) is 0 Å². The third kappa shape index (κ3) is 6.57. The van der Waals surface area contributed by atoms with Crippen molar-refractivity contribution in [2.45, 2.75) is 25.7 Å². The summed E-state index contributed by atoms with van der Waals surface area (Å²) in [5.74, 6) is 0.884. The van der Waals surface area contributed by atoms with E-state index >= 15 is 0 Å². The van der Waals surface area contributed by atoms with Gasteiger partial charge in [-0.3, -0.25) is 6.08 Å². The van der Waals surface area contributed by atoms with E-state index in [0.29, 0.717) is 0 Å². The average Bonchev–Trinajstić information content (AvgIpc) is 2.92. The molecule has 0 nitrogen and oxygen atoms in total. The molecular formula is C14H16Cl2Ti. The second-order valence-electron chi connectivity index (χ2n) is 3.81. The van der Waals surface area contributed by atoms with Crippen LogP contribution in [0.25, 0.3) is 0 Å². The van der Waals surface area contributed by atoms with Crippen molar-refractivity contribution in [1.29, 1.82) is 0 Å². The summed E-state index contributed by atoms with van der Waals surface area (Å²) in [7, 11) is 0. The predicted octanol–water partition coefficient (Wildman–Crippen LogP) is -2.20. The summed E-state index contributed by atoms with van der Waals surface area (Å²) in [4.78, 5) is 0. The zero-order valence-electron chi connectivity index (χ0n) is 9.70. The van der Waals surface area contributed by atoms with E-state index in [1.807, 2.05) is 12.2 Å². The van der Waals surface area contributed by atoms with Crippen molar-refractivity contribution in [2.75, 3.05) is 0 Å². The Morgan fingerprint density at radius 1 is 1.18 bits per heavy atom. The minimum absolute atomic E-state index is 0. The van der Waals surface area contributed by atoms with Crippen LogP contribution in [0, 0.1) is 18.4 Å². The molecule has 0 heterocycles. The third-order valence-corrected chi connectivity index (χ3v) is 2.80. The molecule has 3 aliphatic carbocycles. The van der Waals surface area contributed by atoms with Gasteiger partial charge in [-0.1, -0.05) is 6.42 Å². The smallest absolute Gasteiger partial charge is 1.00 e. The van der Waals surface area contributed by atoms with Crippen molar-refractivity contribution >= 4 is 0 Å². The zero-order valence-corrected chi connectivity index (χ0v) is 12.8. The molecule has 0 saturated heterocycles. The van der Waals surface area contributed by atoms with Gasteiger partial charge in [-0.25, -0.2) is 30.2 Å². The Bertz CT molecular complexity index is 293. The molecule has 1 fully saturated rings. The van der Waals surface area contributed by atoms with E-state index < -0.39 is 0 Å². The van der Waals surface area contributed by atoms with Crippen LogP contribution in [0.5, 0.6) is 0 Å². The van der Waals surface area contributed by atoms with Gasteiger partial charge in [0.1, 0.15) is 0 Å². The summed E-state index contributed by atoms with van der Waals surface area (Å²) in [5.41, 5.74) is 1.58. The van der Waals surface area contributed by atoms with Gasteiger partial charge >= 0.3 is 21.7 Å². The van der Waals surface area contributed by atoms with Gasteiger partial charge in [-0.15, -0.1) is 25.0 Å². The minimum atomic E-state index is 0. The topological polar surface area (TPSA) is 0 Å². The molecule has 1 unspecified atom stereocenters. The van der Waals surface area contributed by atoms with E-state index in [9.17, 15) is 0 Å².